The molecule has 0 fully saturated rings. The van der Waals surface area contributed by atoms with E-state index in [0.29, 0.717) is 24.7 Å². The van der Waals surface area contributed by atoms with E-state index in [2.05, 4.69) is 26.1 Å². The SMILES string of the molecule is CCOc1cccc(CNC(C)(C)C)c1OCC#N. The number of para-hydroxylation sites is 1. The van der Waals surface area contributed by atoms with Gasteiger partial charge in [0.25, 0.3) is 0 Å². The van der Waals surface area contributed by atoms with Gasteiger partial charge in [-0.05, 0) is 33.8 Å². The molecule has 0 aliphatic rings. The average molecular weight is 262 g/mol. The number of hydrogen-bond donors (Lipinski definition) is 1. The first-order chi connectivity index (χ1) is 8.98. The molecule has 0 unspecified atom stereocenters. The van der Waals surface area contributed by atoms with Gasteiger partial charge in [0.2, 0.25) is 0 Å². The molecule has 0 bridgehead atoms. The molecular formula is C15H22N2O2. The summed E-state index contributed by atoms with van der Waals surface area (Å²) in [7, 11) is 0. The standard InChI is InChI=1S/C15H22N2O2/c1-5-18-13-8-6-7-12(11-17-15(2,3)4)14(13)19-10-9-16/h6-8,17H,5,10-11H2,1-4H3. The third-order valence-corrected chi connectivity index (χ3v) is 2.45. The van der Waals surface area contributed by atoms with Crippen molar-refractivity contribution in [2.24, 2.45) is 0 Å². The Morgan fingerprint density at radius 3 is 2.58 bits per heavy atom. The third-order valence-electron chi connectivity index (χ3n) is 2.45. The molecule has 1 rings (SSSR count). The Morgan fingerprint density at radius 1 is 1.26 bits per heavy atom. The van der Waals surface area contributed by atoms with Crippen LogP contribution in [0.2, 0.25) is 0 Å². The topological polar surface area (TPSA) is 54.3 Å². The van der Waals surface area contributed by atoms with E-state index in [1.165, 1.54) is 0 Å². The predicted molar refractivity (Wildman–Crippen MR) is 75.3 cm³/mol. The monoisotopic (exact) mass is 262 g/mol. The van der Waals surface area contributed by atoms with E-state index in [-0.39, 0.29) is 12.1 Å². The molecule has 0 aromatic heterocycles. The molecular weight excluding hydrogens is 240 g/mol. The van der Waals surface area contributed by atoms with Crippen LogP contribution in [0.1, 0.15) is 33.3 Å². The number of nitrogens with one attached hydrogen (secondary N) is 1. The molecule has 1 aromatic rings. The van der Waals surface area contributed by atoms with Crippen molar-refractivity contribution < 1.29 is 9.47 Å². The van der Waals surface area contributed by atoms with Crippen molar-refractivity contribution in [1.29, 1.82) is 5.26 Å². The molecule has 0 aliphatic carbocycles. The number of rotatable bonds is 6. The van der Waals surface area contributed by atoms with Crippen LogP contribution in [0.4, 0.5) is 0 Å². The normalized spacial score (nSPS) is 10.9. The van der Waals surface area contributed by atoms with Crippen molar-refractivity contribution >= 4 is 0 Å². The Hall–Kier alpha value is -1.73. The Morgan fingerprint density at radius 2 is 2.00 bits per heavy atom. The molecule has 4 heteroatoms. The zero-order valence-electron chi connectivity index (χ0n) is 12.1. The molecule has 0 radical (unpaired) electrons. The van der Waals surface area contributed by atoms with Crippen LogP contribution in [0.15, 0.2) is 18.2 Å². The van der Waals surface area contributed by atoms with Crippen molar-refractivity contribution in [3.05, 3.63) is 23.8 Å². The molecule has 1 N–H and O–H groups in total. The Kier molecular flexibility index (Phi) is 5.65. The van der Waals surface area contributed by atoms with E-state index in [1.54, 1.807) is 0 Å². The van der Waals surface area contributed by atoms with Gasteiger partial charge < -0.3 is 14.8 Å². The minimum Gasteiger partial charge on any atom is -0.490 e. The van der Waals surface area contributed by atoms with Crippen LogP contribution < -0.4 is 14.8 Å². The van der Waals surface area contributed by atoms with Crippen LogP contribution in [0.5, 0.6) is 11.5 Å². The van der Waals surface area contributed by atoms with Crippen molar-refractivity contribution in [3.63, 3.8) is 0 Å². The van der Waals surface area contributed by atoms with Gasteiger partial charge >= 0.3 is 0 Å². The van der Waals surface area contributed by atoms with Gasteiger partial charge in [-0.25, -0.2) is 0 Å². The molecule has 0 spiro atoms. The summed E-state index contributed by atoms with van der Waals surface area (Å²) in [6.45, 7) is 9.50. The first kappa shape index (κ1) is 15.3. The van der Waals surface area contributed by atoms with Crippen molar-refractivity contribution in [3.8, 4) is 17.6 Å². The molecule has 0 aliphatic heterocycles. The second-order valence-electron chi connectivity index (χ2n) is 5.23. The summed E-state index contributed by atoms with van der Waals surface area (Å²) >= 11 is 0. The maximum atomic E-state index is 8.67. The van der Waals surface area contributed by atoms with Gasteiger partial charge in [-0.1, -0.05) is 12.1 Å². The Labute approximate surface area is 115 Å². The van der Waals surface area contributed by atoms with Crippen LogP contribution in [0.25, 0.3) is 0 Å². The maximum absolute atomic E-state index is 8.67. The zero-order chi connectivity index (χ0) is 14.3. The lowest BCUT2D eigenvalue weighted by Crippen LogP contribution is -2.35. The van der Waals surface area contributed by atoms with Gasteiger partial charge in [0.1, 0.15) is 6.07 Å². The van der Waals surface area contributed by atoms with Gasteiger partial charge in [-0.3, -0.25) is 0 Å². The molecule has 19 heavy (non-hydrogen) atoms. The van der Waals surface area contributed by atoms with E-state index < -0.39 is 0 Å². The second-order valence-corrected chi connectivity index (χ2v) is 5.23. The van der Waals surface area contributed by atoms with Gasteiger partial charge in [-0.2, -0.15) is 5.26 Å². The molecule has 0 heterocycles. The first-order valence-corrected chi connectivity index (χ1v) is 6.47. The van der Waals surface area contributed by atoms with Crippen LogP contribution >= 0.6 is 0 Å². The number of benzene rings is 1. The molecule has 104 valence electrons. The lowest BCUT2D eigenvalue weighted by molar-refractivity contribution is 0.294. The van der Waals surface area contributed by atoms with E-state index in [4.69, 9.17) is 14.7 Å². The van der Waals surface area contributed by atoms with Crippen LogP contribution in [-0.4, -0.2) is 18.8 Å². The van der Waals surface area contributed by atoms with E-state index in [0.717, 1.165) is 5.56 Å². The Balaban J connectivity index is 2.94. The summed E-state index contributed by atoms with van der Waals surface area (Å²) in [5.41, 5.74) is 1.02. The number of nitrogens with zero attached hydrogens (tertiary/aromatic N) is 1. The van der Waals surface area contributed by atoms with Crippen molar-refractivity contribution in [2.45, 2.75) is 39.8 Å². The summed E-state index contributed by atoms with van der Waals surface area (Å²) in [4.78, 5) is 0. The van der Waals surface area contributed by atoms with Gasteiger partial charge in [0.15, 0.2) is 18.1 Å². The lowest BCUT2D eigenvalue weighted by atomic mass is 10.1. The summed E-state index contributed by atoms with van der Waals surface area (Å²) in [6, 6.07) is 7.76. The fraction of sp³-hybridized carbons (Fsp3) is 0.533. The van der Waals surface area contributed by atoms with Gasteiger partial charge in [0, 0.05) is 17.6 Å². The average Bonchev–Trinajstić information content (AvgIpc) is 2.34. The van der Waals surface area contributed by atoms with E-state index in [9.17, 15) is 0 Å². The highest BCUT2D eigenvalue weighted by atomic mass is 16.5. The second kappa shape index (κ2) is 7.01. The van der Waals surface area contributed by atoms with Crippen molar-refractivity contribution in [1.82, 2.24) is 5.32 Å². The van der Waals surface area contributed by atoms with E-state index >= 15 is 0 Å². The first-order valence-electron chi connectivity index (χ1n) is 6.47. The highest BCUT2D eigenvalue weighted by molar-refractivity contribution is 5.46. The largest absolute Gasteiger partial charge is 0.490 e. The smallest absolute Gasteiger partial charge is 0.174 e. The molecule has 0 atom stereocenters. The number of nitriles is 1. The maximum Gasteiger partial charge on any atom is 0.174 e. The molecule has 0 saturated carbocycles. The number of ether oxygens (including phenoxy) is 2. The lowest BCUT2D eigenvalue weighted by Gasteiger charge is -2.22. The quantitative estimate of drug-likeness (QED) is 0.856. The predicted octanol–water partition coefficient (Wildman–Crippen LogP) is 2.88. The minimum absolute atomic E-state index is 0.0204. The third kappa shape index (κ3) is 5.19. The number of hydrogen-bond acceptors (Lipinski definition) is 4. The van der Waals surface area contributed by atoms with Crippen LogP contribution in [0.3, 0.4) is 0 Å². The van der Waals surface area contributed by atoms with Gasteiger partial charge in [0.05, 0.1) is 6.61 Å². The fourth-order valence-corrected chi connectivity index (χ4v) is 1.60. The minimum atomic E-state index is 0.0204. The summed E-state index contributed by atoms with van der Waals surface area (Å²) in [5, 5.41) is 12.1. The molecule has 1 aromatic carbocycles. The fourth-order valence-electron chi connectivity index (χ4n) is 1.60. The molecule has 0 amide bonds. The Bertz CT molecular complexity index is 444. The zero-order valence-corrected chi connectivity index (χ0v) is 12.1. The van der Waals surface area contributed by atoms with Crippen LogP contribution in [0, 0.1) is 11.3 Å². The van der Waals surface area contributed by atoms with Gasteiger partial charge in [-0.15, -0.1) is 0 Å². The summed E-state index contributed by atoms with van der Waals surface area (Å²) in [5.74, 6) is 1.34. The summed E-state index contributed by atoms with van der Waals surface area (Å²) < 4.78 is 11.1. The summed E-state index contributed by atoms with van der Waals surface area (Å²) in [6.07, 6.45) is 0. The highest BCUT2D eigenvalue weighted by Crippen LogP contribution is 2.31. The molecule has 0 saturated heterocycles. The van der Waals surface area contributed by atoms with E-state index in [1.807, 2.05) is 31.2 Å². The molecule has 4 nitrogen and oxygen atoms in total. The van der Waals surface area contributed by atoms with Crippen molar-refractivity contribution in [2.75, 3.05) is 13.2 Å². The highest BCUT2D eigenvalue weighted by Gasteiger charge is 2.14. The van der Waals surface area contributed by atoms with Crippen LogP contribution in [-0.2, 0) is 6.54 Å².